The minimum atomic E-state index is -0.416. The lowest BCUT2D eigenvalue weighted by atomic mass is 9.86. The van der Waals surface area contributed by atoms with E-state index in [4.69, 9.17) is 33.7 Å². The van der Waals surface area contributed by atoms with E-state index < -0.39 is 11.4 Å². The first-order valence-corrected chi connectivity index (χ1v) is 9.59. The van der Waals surface area contributed by atoms with Gasteiger partial charge in [-0.1, -0.05) is 35.0 Å². The van der Waals surface area contributed by atoms with Gasteiger partial charge in [0.2, 0.25) is 0 Å². The molecule has 0 bridgehead atoms. The summed E-state index contributed by atoms with van der Waals surface area (Å²) in [5.74, 6) is 1.11. The van der Waals surface area contributed by atoms with Crippen molar-refractivity contribution in [1.29, 1.82) is 0 Å². The van der Waals surface area contributed by atoms with Gasteiger partial charge in [-0.2, -0.15) is 0 Å². The van der Waals surface area contributed by atoms with Gasteiger partial charge in [0.05, 0.1) is 16.7 Å². The molecule has 0 saturated carbocycles. The van der Waals surface area contributed by atoms with Gasteiger partial charge in [0.25, 0.3) is 5.91 Å². The molecule has 1 aromatic carbocycles. The molecule has 0 saturated heterocycles. The van der Waals surface area contributed by atoms with E-state index >= 15 is 0 Å². The maximum Gasteiger partial charge on any atom is 0.275 e. The van der Waals surface area contributed by atoms with Crippen molar-refractivity contribution in [1.82, 2.24) is 4.98 Å². The molecule has 0 radical (unpaired) electrons. The predicted molar refractivity (Wildman–Crippen MR) is 105 cm³/mol. The summed E-state index contributed by atoms with van der Waals surface area (Å²) in [6.07, 6.45) is 2.13. The molecule has 2 aromatic rings. The number of carbonyl (C=O) groups excluding carboxylic acids is 1. The Morgan fingerprint density at radius 2 is 2.19 bits per heavy atom. The number of thioether (sulfide) groups is 1. The highest BCUT2D eigenvalue weighted by molar-refractivity contribution is 8.14. The van der Waals surface area contributed by atoms with Gasteiger partial charge >= 0.3 is 0 Å². The largest absolute Gasteiger partial charge is 0.493 e. The Morgan fingerprint density at radius 3 is 2.92 bits per heavy atom. The summed E-state index contributed by atoms with van der Waals surface area (Å²) in [5, 5.41) is 3.95. The maximum absolute atomic E-state index is 12.5. The first-order valence-electron chi connectivity index (χ1n) is 7.85. The number of benzene rings is 1. The molecule has 4 rings (SSSR count). The molecular formula is C17H14Cl2N4O2S. The number of pyridine rings is 1. The summed E-state index contributed by atoms with van der Waals surface area (Å²) < 4.78 is 5.74. The quantitative estimate of drug-likeness (QED) is 0.790. The molecule has 1 spiro atoms. The third-order valence-electron chi connectivity index (χ3n) is 4.32. The Balaban J connectivity index is 1.65. The molecule has 3 N–H and O–H groups in total. The number of aliphatic imine (C=N–C) groups is 1. The lowest BCUT2D eigenvalue weighted by molar-refractivity contribution is 0.102. The lowest BCUT2D eigenvalue weighted by Gasteiger charge is -2.32. The lowest BCUT2D eigenvalue weighted by Crippen LogP contribution is -2.32. The standard InChI is InChI=1S/C17H14Cl2N4O2S/c18-9-5-12(19)14(21-7-9)15(24)22-10-1-2-13-11(6-10)17(3-4-25-13)8-26-16(20)23-17/h1-2,5-7H,3-4,8H2,(H2,20,23)(H,22,24). The molecule has 26 heavy (non-hydrogen) atoms. The van der Waals surface area contributed by atoms with E-state index in [1.54, 1.807) is 6.07 Å². The molecule has 1 amide bonds. The van der Waals surface area contributed by atoms with Crippen LogP contribution in [0, 0.1) is 0 Å². The summed E-state index contributed by atoms with van der Waals surface area (Å²) in [7, 11) is 0. The minimum Gasteiger partial charge on any atom is -0.493 e. The number of fused-ring (bicyclic) bond motifs is 2. The summed E-state index contributed by atoms with van der Waals surface area (Å²) in [6, 6.07) is 6.96. The van der Waals surface area contributed by atoms with Crippen LogP contribution < -0.4 is 15.8 Å². The fourth-order valence-corrected chi connectivity index (χ4v) is 4.52. The van der Waals surface area contributed by atoms with E-state index in [-0.39, 0.29) is 10.7 Å². The topological polar surface area (TPSA) is 89.6 Å². The molecule has 2 aliphatic heterocycles. The number of nitrogens with zero attached hydrogens (tertiary/aromatic N) is 2. The first-order chi connectivity index (χ1) is 12.5. The molecule has 0 fully saturated rings. The number of carbonyl (C=O) groups is 1. The Morgan fingerprint density at radius 1 is 1.35 bits per heavy atom. The Kier molecular flexibility index (Phi) is 4.46. The van der Waals surface area contributed by atoms with E-state index in [9.17, 15) is 4.79 Å². The van der Waals surface area contributed by atoms with Gasteiger partial charge < -0.3 is 15.8 Å². The highest BCUT2D eigenvalue weighted by Crippen LogP contribution is 2.46. The molecule has 1 aromatic heterocycles. The maximum atomic E-state index is 12.5. The number of aromatic nitrogens is 1. The number of rotatable bonds is 2. The van der Waals surface area contributed by atoms with Gasteiger partial charge in [-0.3, -0.25) is 9.79 Å². The number of anilines is 1. The summed E-state index contributed by atoms with van der Waals surface area (Å²) >= 11 is 13.4. The molecule has 3 heterocycles. The highest BCUT2D eigenvalue weighted by atomic mass is 35.5. The molecule has 2 aliphatic rings. The third-order valence-corrected chi connectivity index (χ3v) is 5.82. The fraction of sp³-hybridized carbons (Fsp3) is 0.235. The van der Waals surface area contributed by atoms with Gasteiger partial charge in [0.1, 0.15) is 17.0 Å². The van der Waals surface area contributed by atoms with Crippen LogP contribution in [0.4, 0.5) is 5.69 Å². The number of amides is 1. The van der Waals surface area contributed by atoms with Crippen molar-refractivity contribution >= 4 is 51.7 Å². The zero-order valence-corrected chi connectivity index (χ0v) is 15.8. The zero-order chi connectivity index (χ0) is 18.3. The van der Waals surface area contributed by atoms with Crippen LogP contribution in [0.3, 0.4) is 0 Å². The number of ether oxygens (including phenoxy) is 1. The van der Waals surface area contributed by atoms with Gasteiger partial charge in [-0.25, -0.2) is 4.98 Å². The van der Waals surface area contributed by atoms with Gasteiger partial charge in [-0.15, -0.1) is 0 Å². The average Bonchev–Trinajstić information content (AvgIpc) is 2.97. The van der Waals surface area contributed by atoms with E-state index in [0.29, 0.717) is 22.5 Å². The van der Waals surface area contributed by atoms with Crippen LogP contribution >= 0.6 is 35.0 Å². The smallest absolute Gasteiger partial charge is 0.275 e. The molecule has 0 aliphatic carbocycles. The van der Waals surface area contributed by atoms with Crippen molar-refractivity contribution in [3.63, 3.8) is 0 Å². The molecule has 6 nitrogen and oxygen atoms in total. The second-order valence-corrected chi connectivity index (χ2v) is 7.86. The van der Waals surface area contributed by atoms with Crippen LogP contribution in [-0.4, -0.2) is 28.4 Å². The van der Waals surface area contributed by atoms with Crippen molar-refractivity contribution in [3.05, 3.63) is 51.8 Å². The van der Waals surface area contributed by atoms with Crippen molar-refractivity contribution in [3.8, 4) is 5.75 Å². The molecule has 9 heteroatoms. The number of hydrogen-bond donors (Lipinski definition) is 2. The van der Waals surface area contributed by atoms with Crippen molar-refractivity contribution in [2.75, 3.05) is 17.7 Å². The second kappa shape index (κ2) is 6.64. The minimum absolute atomic E-state index is 0.110. The number of halogens is 2. The first kappa shape index (κ1) is 17.5. The van der Waals surface area contributed by atoms with Crippen LogP contribution in [0.25, 0.3) is 0 Å². The number of amidine groups is 1. The Labute approximate surface area is 164 Å². The second-order valence-electron chi connectivity index (χ2n) is 6.02. The summed E-state index contributed by atoms with van der Waals surface area (Å²) in [4.78, 5) is 21.1. The number of hydrogen-bond acceptors (Lipinski definition) is 6. The van der Waals surface area contributed by atoms with E-state index in [2.05, 4.69) is 15.3 Å². The van der Waals surface area contributed by atoms with Crippen LogP contribution in [0.5, 0.6) is 5.75 Å². The molecule has 1 unspecified atom stereocenters. The van der Waals surface area contributed by atoms with Crippen LogP contribution in [0.2, 0.25) is 10.0 Å². The van der Waals surface area contributed by atoms with Crippen molar-refractivity contribution < 1.29 is 9.53 Å². The normalized spacial score (nSPS) is 21.1. The third kappa shape index (κ3) is 3.11. The van der Waals surface area contributed by atoms with Gasteiger partial charge in [0, 0.05) is 29.6 Å². The fourth-order valence-electron chi connectivity index (χ4n) is 3.07. The molecular weight excluding hydrogens is 395 g/mol. The van der Waals surface area contributed by atoms with E-state index in [0.717, 1.165) is 23.5 Å². The SMILES string of the molecule is NC1=NC2(CCOc3ccc(NC(=O)c4ncc(Cl)cc4Cl)cc32)CS1. The Hall–Kier alpha value is -1.96. The van der Waals surface area contributed by atoms with E-state index in [1.165, 1.54) is 24.0 Å². The zero-order valence-electron chi connectivity index (χ0n) is 13.5. The molecule has 1 atom stereocenters. The monoisotopic (exact) mass is 408 g/mol. The van der Waals surface area contributed by atoms with Crippen LogP contribution in [0.1, 0.15) is 22.5 Å². The van der Waals surface area contributed by atoms with Gasteiger partial charge in [0.15, 0.2) is 5.17 Å². The van der Waals surface area contributed by atoms with Crippen LogP contribution in [0.15, 0.2) is 35.5 Å². The Bertz CT molecular complexity index is 937. The molecule has 134 valence electrons. The summed E-state index contributed by atoms with van der Waals surface area (Å²) in [6.45, 7) is 0.584. The number of nitrogens with two attached hydrogens (primary N) is 1. The average molecular weight is 409 g/mol. The predicted octanol–water partition coefficient (Wildman–Crippen LogP) is 3.68. The van der Waals surface area contributed by atoms with Gasteiger partial charge in [-0.05, 0) is 24.3 Å². The highest BCUT2D eigenvalue weighted by Gasteiger charge is 2.41. The van der Waals surface area contributed by atoms with Crippen LogP contribution in [-0.2, 0) is 5.54 Å². The van der Waals surface area contributed by atoms with Crippen molar-refractivity contribution in [2.24, 2.45) is 10.7 Å². The summed E-state index contributed by atoms with van der Waals surface area (Å²) in [5.41, 5.74) is 7.13. The van der Waals surface area contributed by atoms with E-state index in [1.807, 2.05) is 12.1 Å². The van der Waals surface area contributed by atoms with Crippen molar-refractivity contribution in [2.45, 2.75) is 12.0 Å². The number of nitrogens with one attached hydrogen (secondary N) is 1.